The first-order valence-corrected chi connectivity index (χ1v) is 14.0. The summed E-state index contributed by atoms with van der Waals surface area (Å²) >= 11 is 5.53. The van der Waals surface area contributed by atoms with Crippen molar-refractivity contribution >= 4 is 42.4 Å². The lowest BCUT2D eigenvalue weighted by Gasteiger charge is -2.25. The summed E-state index contributed by atoms with van der Waals surface area (Å²) < 4.78 is 53.3. The topological polar surface area (TPSA) is 173 Å². The van der Waals surface area contributed by atoms with Crippen molar-refractivity contribution in [2.24, 2.45) is 0 Å². The monoisotopic (exact) mass is 596 g/mol. The number of imidazole rings is 1. The van der Waals surface area contributed by atoms with Crippen LogP contribution in [0.3, 0.4) is 0 Å². The number of aliphatic hydroxyl groups excluding tert-OH is 1. The van der Waals surface area contributed by atoms with Gasteiger partial charge >= 0.3 is 13.7 Å². The van der Waals surface area contributed by atoms with Gasteiger partial charge in [0.15, 0.2) is 11.9 Å². The zero-order chi connectivity index (χ0) is 29.1. The normalized spacial score (nSPS) is 24.7. The number of rotatable bonds is 10. The van der Waals surface area contributed by atoms with E-state index in [9.17, 15) is 14.5 Å². The average molecular weight is 597 g/mol. The van der Waals surface area contributed by atoms with E-state index in [1.807, 2.05) is 5.38 Å². The van der Waals surface area contributed by atoms with E-state index in [0.717, 1.165) is 0 Å². The molecule has 13 nitrogen and oxygen atoms in total. The number of nitrogens with one attached hydrogen (secondary N) is 1. The van der Waals surface area contributed by atoms with Crippen LogP contribution in [0, 0.1) is 11.3 Å². The van der Waals surface area contributed by atoms with Gasteiger partial charge in [-0.1, -0.05) is 18.2 Å². The van der Waals surface area contributed by atoms with E-state index in [2.05, 4.69) is 26.0 Å². The van der Waals surface area contributed by atoms with Crippen molar-refractivity contribution in [3.05, 3.63) is 42.9 Å². The molecular formula is C24H27ClFN6O7P. The largest absolute Gasteiger partial charge is 0.462 e. The summed E-state index contributed by atoms with van der Waals surface area (Å²) in [4.78, 5) is 24.4. The van der Waals surface area contributed by atoms with Crippen molar-refractivity contribution in [3.63, 3.8) is 0 Å². The van der Waals surface area contributed by atoms with Gasteiger partial charge in [0.1, 0.15) is 29.5 Å². The number of aromatic nitrogens is 4. The zero-order valence-corrected chi connectivity index (χ0v) is 23.3. The van der Waals surface area contributed by atoms with Crippen molar-refractivity contribution in [2.75, 3.05) is 12.3 Å². The predicted molar refractivity (Wildman–Crippen MR) is 142 cm³/mol. The number of para-hydroxylation sites is 1. The molecule has 1 aliphatic heterocycles. The zero-order valence-electron chi connectivity index (χ0n) is 21.6. The maximum atomic E-state index is 16.2. The van der Waals surface area contributed by atoms with Crippen molar-refractivity contribution in [2.45, 2.75) is 57.0 Å². The van der Waals surface area contributed by atoms with Crippen LogP contribution in [-0.2, 0) is 23.4 Å². The van der Waals surface area contributed by atoms with Gasteiger partial charge in [0.05, 0.1) is 25.2 Å². The molecule has 3 unspecified atom stereocenters. The molecule has 1 fully saturated rings. The highest BCUT2D eigenvalue weighted by molar-refractivity contribution is 7.52. The van der Waals surface area contributed by atoms with Crippen LogP contribution in [0.2, 0.25) is 0 Å². The molecule has 1 saturated heterocycles. The highest BCUT2D eigenvalue weighted by atomic mass is 35.5. The molecule has 0 bridgehead atoms. The van der Waals surface area contributed by atoms with Crippen molar-refractivity contribution in [1.29, 1.82) is 0 Å². The van der Waals surface area contributed by atoms with Gasteiger partial charge in [-0.05, 0) is 50.4 Å². The minimum Gasteiger partial charge on any atom is -0.462 e. The Morgan fingerprint density at radius 2 is 2.08 bits per heavy atom. The third-order valence-corrected chi connectivity index (χ3v) is 7.44. The minimum absolute atomic E-state index is 0.101. The summed E-state index contributed by atoms with van der Waals surface area (Å²) in [7, 11) is -4.34. The Hall–Kier alpha value is -3.31. The summed E-state index contributed by atoms with van der Waals surface area (Å²) in [5.74, 6) is 1.49. The Labute approximate surface area is 233 Å². The highest BCUT2D eigenvalue weighted by Gasteiger charge is 2.58. The number of nitrogen functional groups attached to an aromatic ring is 1. The summed E-state index contributed by atoms with van der Waals surface area (Å²) in [5, 5.41) is 15.4. The quantitative estimate of drug-likeness (QED) is 0.178. The number of halogens is 2. The van der Waals surface area contributed by atoms with Gasteiger partial charge in [0, 0.05) is 5.38 Å². The lowest BCUT2D eigenvalue weighted by Crippen LogP contribution is -2.42. The number of nitrogens with zero attached hydrogens (tertiary/aromatic N) is 4. The van der Waals surface area contributed by atoms with Crippen LogP contribution in [0.15, 0.2) is 42.9 Å². The summed E-state index contributed by atoms with van der Waals surface area (Å²) in [5.41, 5.74) is 3.30. The van der Waals surface area contributed by atoms with E-state index in [-0.39, 0.29) is 22.9 Å². The molecule has 0 radical (unpaired) electrons. The van der Waals surface area contributed by atoms with Gasteiger partial charge in [-0.25, -0.2) is 18.9 Å². The van der Waals surface area contributed by atoms with Crippen molar-refractivity contribution in [3.8, 4) is 17.0 Å². The number of carbonyl (C=O) groups excluding carboxylic acids is 1. The lowest BCUT2D eigenvalue weighted by atomic mass is 9.97. The molecule has 2 aromatic heterocycles. The van der Waals surface area contributed by atoms with E-state index in [1.165, 1.54) is 36.1 Å². The highest BCUT2D eigenvalue weighted by Crippen LogP contribution is 2.48. The van der Waals surface area contributed by atoms with Crippen LogP contribution in [0.4, 0.5) is 10.3 Å². The first-order valence-electron chi connectivity index (χ1n) is 12.0. The molecule has 3 heterocycles. The van der Waals surface area contributed by atoms with Crippen LogP contribution in [0.5, 0.6) is 5.75 Å². The molecule has 4 rings (SSSR count). The molecule has 6 atom stereocenters. The number of hydrogen-bond donors (Lipinski definition) is 3. The maximum absolute atomic E-state index is 16.2. The van der Waals surface area contributed by atoms with E-state index in [4.69, 9.17) is 35.9 Å². The SMILES string of the molecule is CC(C)OC(=O)[C@H](C)NP(=O)(OCC1O[C@@H](n2cnc3cnc(N)nc32)[C@@](F)(C#CCl)C1O)Oc1ccccc1. The summed E-state index contributed by atoms with van der Waals surface area (Å²) in [6.07, 6.45) is -2.85. The second-order valence-electron chi connectivity index (χ2n) is 9.08. The number of hydrogen-bond acceptors (Lipinski definition) is 11. The molecule has 4 N–H and O–H groups in total. The smallest absolute Gasteiger partial charge is 0.459 e. The fraction of sp³-hybridized carbons (Fsp3) is 0.417. The van der Waals surface area contributed by atoms with Crippen molar-refractivity contribution < 1.29 is 37.4 Å². The predicted octanol–water partition coefficient (Wildman–Crippen LogP) is 2.71. The van der Waals surface area contributed by atoms with Crippen LogP contribution in [-0.4, -0.2) is 67.2 Å². The number of esters is 1. The Morgan fingerprint density at radius 3 is 2.75 bits per heavy atom. The first-order chi connectivity index (χ1) is 19.0. The molecule has 0 spiro atoms. The van der Waals surface area contributed by atoms with Crippen LogP contribution < -0.4 is 15.3 Å². The molecule has 0 saturated carbocycles. The van der Waals surface area contributed by atoms with Crippen LogP contribution >= 0.6 is 19.3 Å². The number of ether oxygens (including phenoxy) is 2. The number of aliphatic hydroxyl groups is 1. The number of nitrogens with two attached hydrogens (primary N) is 1. The Bertz CT molecular complexity index is 1470. The van der Waals surface area contributed by atoms with Gasteiger partial charge in [0.25, 0.3) is 0 Å². The van der Waals surface area contributed by atoms with E-state index >= 15 is 4.39 Å². The van der Waals surface area contributed by atoms with Crippen molar-refractivity contribution in [1.82, 2.24) is 24.6 Å². The molecule has 214 valence electrons. The standard InChI is InChI=1S/C24H27ClFN6O7P/c1-14(2)37-21(34)15(3)31-40(35,39-16-7-5-4-6-8-16)36-12-18-19(33)24(26,9-10-25)22(38-18)32-13-29-17-11-28-23(27)30-20(17)32/h4-8,11,13-15,18-19,22,33H,12H2,1-3H3,(H,31,35)(H2,27,28,30)/t15-,18?,19?,22+,24+,40?/m0/s1. The molecule has 0 amide bonds. The molecule has 40 heavy (non-hydrogen) atoms. The van der Waals surface area contributed by atoms with Crippen LogP contribution in [0.1, 0.15) is 27.0 Å². The molecule has 0 aliphatic carbocycles. The fourth-order valence-corrected chi connectivity index (χ4v) is 5.53. The second-order valence-corrected chi connectivity index (χ2v) is 11.0. The third kappa shape index (κ3) is 6.36. The lowest BCUT2D eigenvalue weighted by molar-refractivity contribution is -0.149. The van der Waals surface area contributed by atoms with Gasteiger partial charge in [-0.3, -0.25) is 13.9 Å². The van der Waals surface area contributed by atoms with E-state index < -0.39 is 56.6 Å². The molecular weight excluding hydrogens is 570 g/mol. The minimum atomic E-state index is -4.34. The number of alkyl halides is 1. The van der Waals surface area contributed by atoms with Gasteiger partial charge in [-0.15, -0.1) is 0 Å². The average Bonchev–Trinajstić information content (AvgIpc) is 3.41. The van der Waals surface area contributed by atoms with E-state index in [1.54, 1.807) is 32.0 Å². The first kappa shape index (κ1) is 29.7. The number of benzene rings is 1. The Balaban J connectivity index is 1.59. The second kappa shape index (κ2) is 12.1. The van der Waals surface area contributed by atoms with Gasteiger partial charge < -0.3 is 24.8 Å². The maximum Gasteiger partial charge on any atom is 0.459 e. The molecule has 16 heteroatoms. The number of anilines is 1. The summed E-state index contributed by atoms with van der Waals surface area (Å²) in [6, 6.07) is 6.91. The van der Waals surface area contributed by atoms with E-state index in [0.29, 0.717) is 0 Å². The Morgan fingerprint density at radius 1 is 1.35 bits per heavy atom. The third-order valence-electron chi connectivity index (χ3n) is 5.71. The summed E-state index contributed by atoms with van der Waals surface area (Å²) in [6.45, 7) is 4.08. The number of carbonyl (C=O) groups is 1. The van der Waals surface area contributed by atoms with Gasteiger partial charge in [-0.2, -0.15) is 10.1 Å². The fourth-order valence-electron chi connectivity index (χ4n) is 3.88. The molecule has 1 aliphatic rings. The Kier molecular flexibility index (Phi) is 8.94. The molecule has 3 aromatic rings. The molecule has 1 aromatic carbocycles. The number of fused-ring (bicyclic) bond motifs is 1. The van der Waals surface area contributed by atoms with Crippen LogP contribution in [0.25, 0.3) is 11.2 Å². The van der Waals surface area contributed by atoms with Gasteiger partial charge in [0.2, 0.25) is 11.6 Å².